The molecule has 6 rings (SSSR count). The number of H-pyrrole nitrogens is 1. The zero-order chi connectivity index (χ0) is 16.8. The molecular formula is C22H25ClN2O. The summed E-state index contributed by atoms with van der Waals surface area (Å²) < 4.78 is 6.13. The van der Waals surface area contributed by atoms with Gasteiger partial charge in [-0.05, 0) is 55.9 Å². The van der Waals surface area contributed by atoms with Gasteiger partial charge >= 0.3 is 0 Å². The maximum absolute atomic E-state index is 6.13. The van der Waals surface area contributed by atoms with E-state index in [4.69, 9.17) is 4.74 Å². The Balaban J connectivity index is 0.00000168. The number of hydrogen-bond donors (Lipinski definition) is 1. The highest BCUT2D eigenvalue weighted by atomic mass is 35.5. The first-order valence-electron chi connectivity index (χ1n) is 9.35. The molecule has 136 valence electrons. The van der Waals surface area contributed by atoms with Crippen molar-refractivity contribution >= 4 is 34.2 Å². The van der Waals surface area contributed by atoms with Crippen molar-refractivity contribution < 1.29 is 4.74 Å². The van der Waals surface area contributed by atoms with E-state index in [1.165, 1.54) is 59.9 Å². The van der Waals surface area contributed by atoms with Gasteiger partial charge in [-0.3, -0.25) is 0 Å². The van der Waals surface area contributed by atoms with Crippen molar-refractivity contribution in [3.8, 4) is 5.75 Å². The Kier molecular flexibility index (Phi) is 4.58. The molecular weight excluding hydrogens is 344 g/mol. The Morgan fingerprint density at radius 3 is 2.62 bits per heavy atom. The normalized spacial score (nSPS) is 19.0. The summed E-state index contributed by atoms with van der Waals surface area (Å²) in [6.07, 6.45) is 3.99. The van der Waals surface area contributed by atoms with Crippen molar-refractivity contribution in [1.82, 2.24) is 9.88 Å². The molecule has 0 atom stereocenters. The minimum atomic E-state index is 0. The number of hydrogen-bond acceptors (Lipinski definition) is 2. The molecule has 2 bridgehead atoms. The molecule has 4 heterocycles. The fourth-order valence-electron chi connectivity index (χ4n) is 4.45. The van der Waals surface area contributed by atoms with Crippen molar-refractivity contribution in [2.24, 2.45) is 5.92 Å². The number of para-hydroxylation sites is 1. The van der Waals surface area contributed by atoms with E-state index >= 15 is 0 Å². The number of benzene rings is 2. The van der Waals surface area contributed by atoms with Crippen molar-refractivity contribution in [2.45, 2.75) is 26.2 Å². The zero-order valence-electron chi connectivity index (χ0n) is 15.1. The van der Waals surface area contributed by atoms with Gasteiger partial charge in [-0.15, -0.1) is 12.4 Å². The third kappa shape index (κ3) is 2.95. The highest BCUT2D eigenvalue weighted by Gasteiger charge is 2.29. The fourth-order valence-corrected chi connectivity index (χ4v) is 4.45. The number of fused-ring (bicyclic) bond motifs is 6. The molecule has 2 aromatic carbocycles. The Bertz CT molecular complexity index is 967. The molecule has 0 spiro atoms. The summed E-state index contributed by atoms with van der Waals surface area (Å²) in [6, 6.07) is 14.8. The van der Waals surface area contributed by atoms with Gasteiger partial charge in [0.15, 0.2) is 0 Å². The van der Waals surface area contributed by atoms with Gasteiger partial charge in [0.2, 0.25) is 0 Å². The molecule has 1 aromatic heterocycles. The van der Waals surface area contributed by atoms with Gasteiger partial charge in [-0.25, -0.2) is 0 Å². The SMILES string of the molecule is CC(COc1ccc2c(c1)[nH]c1ccccc12)=C1CC2CCN1CC2.Cl. The molecule has 3 aliphatic rings. The van der Waals surface area contributed by atoms with Gasteiger partial charge in [-0.1, -0.05) is 18.2 Å². The third-order valence-corrected chi connectivity index (χ3v) is 5.90. The van der Waals surface area contributed by atoms with E-state index in [1.807, 2.05) is 0 Å². The molecule has 0 aliphatic carbocycles. The van der Waals surface area contributed by atoms with Crippen LogP contribution in [0.3, 0.4) is 0 Å². The summed E-state index contributed by atoms with van der Waals surface area (Å²) in [6.45, 7) is 5.39. The maximum atomic E-state index is 6.13. The summed E-state index contributed by atoms with van der Waals surface area (Å²) in [5, 5.41) is 2.53. The molecule has 0 unspecified atom stereocenters. The Hall–Kier alpha value is -2.13. The first-order valence-corrected chi connectivity index (χ1v) is 9.35. The number of aromatic amines is 1. The second-order valence-electron chi connectivity index (χ2n) is 7.53. The van der Waals surface area contributed by atoms with Gasteiger partial charge < -0.3 is 14.6 Å². The van der Waals surface area contributed by atoms with Crippen LogP contribution in [0, 0.1) is 5.92 Å². The number of nitrogens with zero attached hydrogens (tertiary/aromatic N) is 1. The molecule has 26 heavy (non-hydrogen) atoms. The van der Waals surface area contributed by atoms with E-state index in [-0.39, 0.29) is 12.4 Å². The van der Waals surface area contributed by atoms with Gasteiger partial charge in [-0.2, -0.15) is 0 Å². The predicted octanol–water partition coefficient (Wildman–Crippen LogP) is 5.51. The van der Waals surface area contributed by atoms with E-state index in [0.29, 0.717) is 6.61 Å². The Morgan fingerprint density at radius 2 is 1.85 bits per heavy atom. The molecule has 0 radical (unpaired) electrons. The molecule has 3 nitrogen and oxygen atoms in total. The minimum Gasteiger partial charge on any atom is -0.489 e. The van der Waals surface area contributed by atoms with Gasteiger partial charge in [0.25, 0.3) is 0 Å². The third-order valence-electron chi connectivity index (χ3n) is 5.90. The van der Waals surface area contributed by atoms with Crippen LogP contribution in [0.1, 0.15) is 26.2 Å². The summed E-state index contributed by atoms with van der Waals surface area (Å²) in [5.41, 5.74) is 5.25. The number of aromatic nitrogens is 1. The van der Waals surface area contributed by atoms with Crippen LogP contribution in [0.15, 0.2) is 53.7 Å². The largest absolute Gasteiger partial charge is 0.489 e. The number of ether oxygens (including phenoxy) is 1. The minimum absolute atomic E-state index is 0. The lowest BCUT2D eigenvalue weighted by atomic mass is 9.85. The molecule has 3 aliphatic heterocycles. The molecule has 4 heteroatoms. The lowest BCUT2D eigenvalue weighted by Gasteiger charge is -2.43. The maximum Gasteiger partial charge on any atom is 0.121 e. The van der Waals surface area contributed by atoms with Crippen LogP contribution in [0.4, 0.5) is 0 Å². The fraction of sp³-hybridized carbons (Fsp3) is 0.364. The number of allylic oxidation sites excluding steroid dienone is 1. The average Bonchev–Trinajstić information content (AvgIpc) is 3.04. The Morgan fingerprint density at radius 1 is 1.08 bits per heavy atom. The number of rotatable bonds is 3. The molecule has 0 amide bonds. The van der Waals surface area contributed by atoms with Crippen LogP contribution in [0.5, 0.6) is 5.75 Å². The number of nitrogens with one attached hydrogen (secondary N) is 1. The van der Waals surface area contributed by atoms with Gasteiger partial charge in [0.05, 0.1) is 5.52 Å². The van der Waals surface area contributed by atoms with Crippen molar-refractivity contribution in [3.63, 3.8) is 0 Å². The van der Waals surface area contributed by atoms with E-state index in [2.05, 4.69) is 59.3 Å². The smallest absolute Gasteiger partial charge is 0.121 e. The molecule has 3 fully saturated rings. The number of halogens is 1. The second kappa shape index (κ2) is 6.88. The van der Waals surface area contributed by atoms with Crippen LogP contribution in [0.2, 0.25) is 0 Å². The quantitative estimate of drug-likeness (QED) is 0.660. The van der Waals surface area contributed by atoms with E-state index < -0.39 is 0 Å². The standard InChI is InChI=1S/C22H24N2O.ClH/c1-15(22-12-16-8-10-24(22)11-9-16)14-25-17-6-7-19-18-4-2-3-5-20(18)23-21(19)13-17;/h2-7,13,16,23H,8-12,14H2,1H3;1H. The summed E-state index contributed by atoms with van der Waals surface area (Å²) in [4.78, 5) is 6.06. The van der Waals surface area contributed by atoms with Crippen LogP contribution in [-0.4, -0.2) is 29.6 Å². The topological polar surface area (TPSA) is 28.3 Å². The van der Waals surface area contributed by atoms with E-state index in [9.17, 15) is 0 Å². The summed E-state index contributed by atoms with van der Waals surface area (Å²) >= 11 is 0. The first kappa shape index (κ1) is 17.3. The van der Waals surface area contributed by atoms with Crippen molar-refractivity contribution in [1.29, 1.82) is 0 Å². The molecule has 0 saturated carbocycles. The lowest BCUT2D eigenvalue weighted by Crippen LogP contribution is -2.40. The van der Waals surface area contributed by atoms with Crippen LogP contribution < -0.4 is 4.74 Å². The van der Waals surface area contributed by atoms with Crippen LogP contribution in [0.25, 0.3) is 21.8 Å². The molecule has 3 aromatic rings. The number of piperidine rings is 3. The van der Waals surface area contributed by atoms with Crippen molar-refractivity contribution in [3.05, 3.63) is 53.7 Å². The van der Waals surface area contributed by atoms with Crippen molar-refractivity contribution in [2.75, 3.05) is 19.7 Å². The van der Waals surface area contributed by atoms with Gasteiger partial charge in [0.1, 0.15) is 12.4 Å². The summed E-state index contributed by atoms with van der Waals surface area (Å²) in [5.74, 6) is 1.84. The molecule has 1 N–H and O–H groups in total. The van der Waals surface area contributed by atoms with E-state index in [1.54, 1.807) is 0 Å². The highest BCUT2D eigenvalue weighted by molar-refractivity contribution is 6.07. The first-order chi connectivity index (χ1) is 12.3. The summed E-state index contributed by atoms with van der Waals surface area (Å²) in [7, 11) is 0. The van der Waals surface area contributed by atoms with Crippen LogP contribution >= 0.6 is 12.4 Å². The second-order valence-corrected chi connectivity index (χ2v) is 7.53. The zero-order valence-corrected chi connectivity index (χ0v) is 15.9. The molecule has 3 saturated heterocycles. The lowest BCUT2D eigenvalue weighted by molar-refractivity contribution is 0.155. The average molecular weight is 369 g/mol. The monoisotopic (exact) mass is 368 g/mol. The Labute approximate surface area is 160 Å². The highest BCUT2D eigenvalue weighted by Crippen LogP contribution is 2.36. The predicted molar refractivity (Wildman–Crippen MR) is 110 cm³/mol. The van der Waals surface area contributed by atoms with Gasteiger partial charge in [0, 0.05) is 41.1 Å². The van der Waals surface area contributed by atoms with Crippen LogP contribution in [-0.2, 0) is 0 Å². The van der Waals surface area contributed by atoms with E-state index in [0.717, 1.165) is 17.2 Å².